The normalized spacial score (nSPS) is 3.20. The van der Waals surface area contributed by atoms with Crippen molar-refractivity contribution in [2.45, 2.75) is 0 Å². The van der Waals surface area contributed by atoms with Crippen LogP contribution in [0, 0.1) is 10.6 Å². The first kappa shape index (κ1) is 8.83. The van der Waals surface area contributed by atoms with Gasteiger partial charge in [0.1, 0.15) is 9.55 Å². The number of rotatable bonds is 0. The number of hydrogen-bond acceptors (Lipinski definition) is 2. The van der Waals surface area contributed by atoms with Gasteiger partial charge in [-0.2, -0.15) is 11.1 Å². The lowest BCUT2D eigenvalue weighted by Gasteiger charge is -1.26. The molecule has 30 valence electrons. The van der Waals surface area contributed by atoms with Gasteiger partial charge in [0.05, 0.1) is 0 Å². The van der Waals surface area contributed by atoms with Crippen LogP contribution >= 0.6 is 11.1 Å². The Bertz CT molecular complexity index is 31.1. The maximum atomic E-state index is 8.11. The number of halogens is 1. The molecule has 0 N–H and O–H groups in total. The van der Waals surface area contributed by atoms with Crippen LogP contribution < -0.4 is 0 Å². The van der Waals surface area contributed by atoms with Gasteiger partial charge in [-0.3, -0.25) is 0 Å². The average molecular weight is 111 g/mol. The summed E-state index contributed by atoms with van der Waals surface area (Å²) in [6.45, 7) is 0. The molecular formula is H3ClN2OSi. The van der Waals surface area contributed by atoms with Crippen molar-refractivity contribution in [3.05, 3.63) is 10.3 Å². The van der Waals surface area contributed by atoms with Gasteiger partial charge in [0.2, 0.25) is 10.5 Å². The van der Waals surface area contributed by atoms with E-state index in [2.05, 4.69) is 0 Å². The van der Waals surface area contributed by atoms with Crippen LogP contribution in [-0.4, -0.2) is 9.55 Å². The summed E-state index contributed by atoms with van der Waals surface area (Å²) in [5.41, 5.74) is 0. The molecular weight excluding hydrogens is 108 g/mol. The highest BCUT2D eigenvalue weighted by atomic mass is 35.6. The van der Waals surface area contributed by atoms with Crippen molar-refractivity contribution in [2.24, 2.45) is 0 Å². The first-order valence-corrected chi connectivity index (χ1v) is 3.78. The standard InChI is InChI=1S/ClH3Si.N2O/c1-2;1-2-3/h2H3;. The number of diazo groups is 1. The van der Waals surface area contributed by atoms with E-state index in [1.807, 2.05) is 0 Å². The van der Waals surface area contributed by atoms with Crippen molar-refractivity contribution in [3.8, 4) is 0 Å². The molecule has 0 heterocycles. The largest absolute Gasteiger partial charge is 0.463 e. The van der Waals surface area contributed by atoms with E-state index in [4.69, 9.17) is 21.7 Å². The second-order valence-corrected chi connectivity index (χ2v) is 0.0816. The molecule has 0 radical (unpaired) electrons. The van der Waals surface area contributed by atoms with Gasteiger partial charge < -0.3 is 5.21 Å². The smallest absolute Gasteiger partial charge is 0.237 e. The summed E-state index contributed by atoms with van der Waals surface area (Å²) in [5.74, 6) is 0. The van der Waals surface area contributed by atoms with E-state index >= 15 is 0 Å². The minimum Gasteiger partial charge on any atom is -0.463 e. The predicted octanol–water partition coefficient (Wildman–Crippen LogP) is -0.157. The van der Waals surface area contributed by atoms with Crippen molar-refractivity contribution in [1.82, 2.24) is 0 Å². The van der Waals surface area contributed by atoms with Crippen LogP contribution in [0.2, 0.25) is 0 Å². The van der Waals surface area contributed by atoms with Crippen molar-refractivity contribution >= 4 is 20.6 Å². The lowest BCUT2D eigenvalue weighted by atomic mass is 13.2. The maximum Gasteiger partial charge on any atom is 0.237 e. The lowest BCUT2D eigenvalue weighted by molar-refractivity contribution is 1.48. The molecule has 0 aliphatic carbocycles. The first-order valence-electron chi connectivity index (χ1n) is 0.761. The van der Waals surface area contributed by atoms with E-state index in [-0.39, 0.29) is 0 Å². The molecule has 0 saturated carbocycles. The number of nitrogens with zero attached hydrogens (tertiary/aromatic N) is 2. The molecule has 3 nitrogen and oxygen atoms in total. The van der Waals surface area contributed by atoms with Crippen LogP contribution in [-0.2, 0) is 0 Å². The molecule has 0 fully saturated rings. The maximum absolute atomic E-state index is 8.11. The Hall–Kier alpha value is -0.273. The first-order chi connectivity index (χ1) is 2.41. The van der Waals surface area contributed by atoms with Crippen molar-refractivity contribution < 1.29 is 0 Å². The van der Waals surface area contributed by atoms with Crippen LogP contribution in [0.15, 0.2) is 0 Å². The minimum atomic E-state index is 0.778. The zero-order valence-corrected chi connectivity index (χ0v) is 5.44. The summed E-state index contributed by atoms with van der Waals surface area (Å²) < 4.78 is 0. The summed E-state index contributed by atoms with van der Waals surface area (Å²) in [6.07, 6.45) is 0. The highest BCUT2D eigenvalue weighted by molar-refractivity contribution is 6.80. The van der Waals surface area contributed by atoms with E-state index in [1.165, 1.54) is 5.14 Å². The Morgan fingerprint density at radius 2 is 1.80 bits per heavy atom. The molecule has 0 aliphatic heterocycles. The highest BCUT2D eigenvalue weighted by Crippen LogP contribution is 1.32. The summed E-state index contributed by atoms with van der Waals surface area (Å²) in [5, 5.41) is 16.0. The molecule has 5 heavy (non-hydrogen) atoms. The number of hydrogen-bond donors (Lipinski definition) is 0. The molecule has 0 aliphatic rings. The molecule has 0 rings (SSSR count). The second kappa shape index (κ2) is 52.5. The Morgan fingerprint density at radius 3 is 1.80 bits per heavy atom. The molecule has 0 spiro atoms. The Labute approximate surface area is 37.3 Å². The van der Waals surface area contributed by atoms with Gasteiger partial charge in [-0.1, -0.05) is 0 Å². The summed E-state index contributed by atoms with van der Waals surface area (Å²) >= 11 is 4.78. The van der Waals surface area contributed by atoms with Gasteiger partial charge in [-0.25, -0.2) is 0 Å². The molecule has 5 heteroatoms. The van der Waals surface area contributed by atoms with Gasteiger partial charge in [0.15, 0.2) is 0 Å². The van der Waals surface area contributed by atoms with E-state index in [0.717, 1.165) is 9.55 Å². The van der Waals surface area contributed by atoms with E-state index in [9.17, 15) is 0 Å². The van der Waals surface area contributed by atoms with E-state index < -0.39 is 0 Å². The molecule has 0 bridgehead atoms. The van der Waals surface area contributed by atoms with Crippen LogP contribution in [0.25, 0.3) is 5.14 Å². The Balaban J connectivity index is 0. The predicted molar refractivity (Wildman–Crippen MR) is 24.2 cm³/mol. The van der Waals surface area contributed by atoms with Crippen LogP contribution in [0.4, 0.5) is 0 Å². The van der Waals surface area contributed by atoms with E-state index in [0.29, 0.717) is 0 Å². The zero-order valence-electron chi connectivity index (χ0n) is 2.68. The third-order valence-corrected chi connectivity index (χ3v) is 0. The highest BCUT2D eigenvalue weighted by Gasteiger charge is 1.19. The lowest BCUT2D eigenvalue weighted by Crippen LogP contribution is -1.00. The average Bonchev–Trinajstić information content (AvgIpc) is 1.46. The Kier molecular flexibility index (Phi) is 92.6. The second-order valence-electron chi connectivity index (χ2n) is 0.0816. The van der Waals surface area contributed by atoms with Crippen LogP contribution in [0.1, 0.15) is 0 Å². The molecule has 0 unspecified atom stereocenters. The Morgan fingerprint density at radius 1 is 1.80 bits per heavy atom. The fraction of sp³-hybridized carbons (Fsp3) is 0. The van der Waals surface area contributed by atoms with Crippen molar-refractivity contribution in [2.75, 3.05) is 0 Å². The quantitative estimate of drug-likeness (QED) is 0.188. The van der Waals surface area contributed by atoms with Gasteiger partial charge in [0, 0.05) is 0 Å². The fourth-order valence-electron chi connectivity index (χ4n) is 0. The van der Waals surface area contributed by atoms with Gasteiger partial charge >= 0.3 is 0 Å². The van der Waals surface area contributed by atoms with Crippen LogP contribution in [0.5, 0.6) is 0 Å². The van der Waals surface area contributed by atoms with E-state index in [1.54, 1.807) is 0 Å². The van der Waals surface area contributed by atoms with Gasteiger partial charge in [-0.05, 0) is 0 Å². The monoisotopic (exact) mass is 110 g/mol. The molecule has 0 aromatic carbocycles. The summed E-state index contributed by atoms with van der Waals surface area (Å²) in [6, 6.07) is 0. The molecule has 0 atom stereocenters. The third kappa shape index (κ3) is 149. The van der Waals surface area contributed by atoms with Crippen molar-refractivity contribution in [3.63, 3.8) is 0 Å². The summed E-state index contributed by atoms with van der Waals surface area (Å²) in [4.78, 5) is 0. The van der Waals surface area contributed by atoms with Crippen LogP contribution in [0.3, 0.4) is 0 Å². The third-order valence-electron chi connectivity index (χ3n) is 0. The topological polar surface area (TPSA) is 51.2 Å². The fourth-order valence-corrected chi connectivity index (χ4v) is 0. The van der Waals surface area contributed by atoms with Crippen molar-refractivity contribution in [1.29, 1.82) is 5.39 Å². The van der Waals surface area contributed by atoms with Gasteiger partial charge in [0.25, 0.3) is 0 Å². The minimum absolute atomic E-state index is 0.778. The molecule has 0 amide bonds. The SMILES string of the molecule is N#[N+][O-].[SiH3]Cl. The molecule has 0 saturated heterocycles. The molecule has 0 aromatic heterocycles. The molecule has 0 aromatic rings. The zero-order chi connectivity index (χ0) is 4.71. The summed E-state index contributed by atoms with van der Waals surface area (Å²) in [7, 11) is 0.778. The van der Waals surface area contributed by atoms with Gasteiger partial charge in [-0.15, -0.1) is 0 Å².